The van der Waals surface area contributed by atoms with Crippen LogP contribution < -0.4 is 22.3 Å². The second kappa shape index (κ2) is 7.51. The van der Waals surface area contributed by atoms with Crippen LogP contribution in [-0.4, -0.2) is 36.5 Å². The number of hydrogen-bond acceptors (Lipinski definition) is 5. The molecule has 10 nitrogen and oxygen atoms in total. The average Bonchev–Trinajstić information content (AvgIpc) is 3.08. The second-order valence-electron chi connectivity index (χ2n) is 6.46. The van der Waals surface area contributed by atoms with Crippen molar-refractivity contribution in [3.05, 3.63) is 63.1 Å². The third-order valence-electron chi connectivity index (χ3n) is 4.49. The molecule has 0 aliphatic heterocycles. The topological polar surface area (TPSA) is 134 Å². The van der Waals surface area contributed by atoms with Gasteiger partial charge in [0, 0.05) is 20.5 Å². The monoisotopic (exact) mass is 384 g/mol. The molecule has 10 heteroatoms. The number of amides is 2. The van der Waals surface area contributed by atoms with E-state index < -0.39 is 29.1 Å². The van der Waals surface area contributed by atoms with Gasteiger partial charge in [-0.3, -0.25) is 23.5 Å². The van der Waals surface area contributed by atoms with Crippen LogP contribution >= 0.6 is 0 Å². The van der Waals surface area contributed by atoms with Crippen molar-refractivity contribution in [1.82, 2.24) is 24.0 Å². The molecule has 3 rings (SSSR count). The van der Waals surface area contributed by atoms with Crippen LogP contribution in [0.1, 0.15) is 5.56 Å². The number of rotatable bonds is 6. The molecule has 3 N–H and O–H groups in total. The van der Waals surface area contributed by atoms with Crippen molar-refractivity contribution in [1.29, 1.82) is 0 Å². The highest BCUT2D eigenvalue weighted by molar-refractivity contribution is 5.87. The lowest BCUT2D eigenvalue weighted by atomic mass is 10.1. The van der Waals surface area contributed by atoms with E-state index in [0.717, 1.165) is 10.1 Å². The molecule has 0 saturated carbocycles. The Morgan fingerprint density at radius 1 is 1.14 bits per heavy atom. The van der Waals surface area contributed by atoms with Gasteiger partial charge in [-0.2, -0.15) is 0 Å². The molecule has 0 saturated heterocycles. The summed E-state index contributed by atoms with van der Waals surface area (Å²) < 4.78 is 3.51. The smallest absolute Gasteiger partial charge is 0.332 e. The van der Waals surface area contributed by atoms with Gasteiger partial charge in [0.15, 0.2) is 11.2 Å². The van der Waals surface area contributed by atoms with Gasteiger partial charge in [-0.15, -0.1) is 0 Å². The Morgan fingerprint density at radius 2 is 1.82 bits per heavy atom. The molecule has 2 aromatic heterocycles. The van der Waals surface area contributed by atoms with E-state index >= 15 is 0 Å². The van der Waals surface area contributed by atoms with Gasteiger partial charge in [-0.25, -0.2) is 9.78 Å². The predicted molar refractivity (Wildman–Crippen MR) is 101 cm³/mol. The Hall–Kier alpha value is -3.69. The van der Waals surface area contributed by atoms with Crippen molar-refractivity contribution in [3.8, 4) is 0 Å². The van der Waals surface area contributed by atoms with E-state index in [2.05, 4.69) is 10.3 Å². The fourth-order valence-corrected chi connectivity index (χ4v) is 2.98. The number of nitrogens with two attached hydrogens (primary N) is 1. The van der Waals surface area contributed by atoms with Crippen LogP contribution in [0.4, 0.5) is 0 Å². The zero-order valence-electron chi connectivity index (χ0n) is 15.5. The van der Waals surface area contributed by atoms with Gasteiger partial charge < -0.3 is 15.6 Å². The van der Waals surface area contributed by atoms with Crippen molar-refractivity contribution < 1.29 is 9.59 Å². The molecule has 3 aromatic rings. The fraction of sp³-hybridized carbons (Fsp3) is 0.278. The summed E-state index contributed by atoms with van der Waals surface area (Å²) in [6.07, 6.45) is 1.56. The molecule has 0 spiro atoms. The number of benzene rings is 1. The van der Waals surface area contributed by atoms with Crippen molar-refractivity contribution in [2.45, 2.75) is 19.0 Å². The number of aromatic nitrogens is 4. The summed E-state index contributed by atoms with van der Waals surface area (Å²) >= 11 is 0. The van der Waals surface area contributed by atoms with Gasteiger partial charge in [-0.1, -0.05) is 30.3 Å². The molecule has 0 radical (unpaired) electrons. The number of hydrogen-bond donors (Lipinski definition) is 2. The first-order chi connectivity index (χ1) is 13.3. The Bertz CT molecular complexity index is 1160. The molecule has 2 heterocycles. The molecular formula is C18H20N6O4. The summed E-state index contributed by atoms with van der Waals surface area (Å²) in [4.78, 5) is 52.6. The average molecular weight is 384 g/mol. The maximum Gasteiger partial charge on any atom is 0.332 e. The summed E-state index contributed by atoms with van der Waals surface area (Å²) in [7, 11) is 2.84. The van der Waals surface area contributed by atoms with E-state index in [1.807, 2.05) is 30.3 Å². The normalized spacial score (nSPS) is 12.1. The zero-order chi connectivity index (χ0) is 20.4. The molecule has 1 atom stereocenters. The van der Waals surface area contributed by atoms with Gasteiger partial charge in [0.05, 0.1) is 6.33 Å². The maximum atomic E-state index is 12.5. The fourth-order valence-electron chi connectivity index (χ4n) is 2.98. The molecule has 28 heavy (non-hydrogen) atoms. The van der Waals surface area contributed by atoms with Crippen molar-refractivity contribution in [2.24, 2.45) is 19.8 Å². The largest absolute Gasteiger partial charge is 0.368 e. The van der Waals surface area contributed by atoms with Crippen molar-refractivity contribution >= 4 is 23.0 Å². The van der Waals surface area contributed by atoms with Crippen LogP contribution in [0.3, 0.4) is 0 Å². The van der Waals surface area contributed by atoms with E-state index in [4.69, 9.17) is 5.73 Å². The summed E-state index contributed by atoms with van der Waals surface area (Å²) in [5.41, 5.74) is 5.50. The predicted octanol–water partition coefficient (Wildman–Crippen LogP) is -1.35. The quantitative estimate of drug-likeness (QED) is 0.542. The minimum absolute atomic E-state index is 0.124. The molecule has 146 valence electrons. The maximum absolute atomic E-state index is 12.5. The summed E-state index contributed by atoms with van der Waals surface area (Å²) in [6, 6.07) is 8.27. The minimum atomic E-state index is -0.892. The van der Waals surface area contributed by atoms with Crippen LogP contribution in [0.15, 0.2) is 46.2 Å². The molecule has 0 aliphatic carbocycles. The van der Waals surface area contributed by atoms with E-state index in [9.17, 15) is 19.2 Å². The highest BCUT2D eigenvalue weighted by atomic mass is 16.2. The van der Waals surface area contributed by atoms with Gasteiger partial charge >= 0.3 is 5.69 Å². The molecule has 0 aliphatic rings. The molecule has 0 bridgehead atoms. The highest BCUT2D eigenvalue weighted by Gasteiger charge is 2.20. The van der Waals surface area contributed by atoms with Gasteiger partial charge in [0.2, 0.25) is 11.8 Å². The van der Waals surface area contributed by atoms with Crippen LogP contribution in [0.2, 0.25) is 0 Å². The van der Waals surface area contributed by atoms with Crippen LogP contribution in [0, 0.1) is 0 Å². The number of primary amides is 1. The Labute approximate surface area is 159 Å². The highest BCUT2D eigenvalue weighted by Crippen LogP contribution is 2.06. The Kier molecular flexibility index (Phi) is 5.12. The molecule has 2 amide bonds. The van der Waals surface area contributed by atoms with E-state index in [-0.39, 0.29) is 24.1 Å². The first-order valence-corrected chi connectivity index (χ1v) is 8.53. The van der Waals surface area contributed by atoms with E-state index in [0.29, 0.717) is 0 Å². The molecule has 0 fully saturated rings. The summed E-state index contributed by atoms with van der Waals surface area (Å²) in [6.45, 7) is -0.248. The lowest BCUT2D eigenvalue weighted by Gasteiger charge is -2.16. The van der Waals surface area contributed by atoms with Crippen molar-refractivity contribution in [2.75, 3.05) is 0 Å². The SMILES string of the molecule is Cn1c(=O)c2c(ncn2CC(=O)N[C@@H](Cc2ccccc2)C(N)=O)n(C)c1=O. The van der Waals surface area contributed by atoms with Crippen LogP contribution in [0.5, 0.6) is 0 Å². The number of carbonyl (C=O) groups is 2. The lowest BCUT2D eigenvalue weighted by Crippen LogP contribution is -2.47. The van der Waals surface area contributed by atoms with Gasteiger partial charge in [0.25, 0.3) is 5.56 Å². The van der Waals surface area contributed by atoms with Crippen molar-refractivity contribution in [3.63, 3.8) is 0 Å². The van der Waals surface area contributed by atoms with Crippen LogP contribution in [-0.2, 0) is 36.6 Å². The van der Waals surface area contributed by atoms with Gasteiger partial charge in [-0.05, 0) is 5.56 Å². The number of carbonyl (C=O) groups excluding carboxylic acids is 2. The second-order valence-corrected chi connectivity index (χ2v) is 6.46. The summed E-state index contributed by atoms with van der Waals surface area (Å²) in [5.74, 6) is -1.17. The first kappa shape index (κ1) is 19.1. The Balaban J connectivity index is 1.83. The standard InChI is InChI=1S/C18H20N6O4/c1-22-16-14(17(27)23(2)18(22)28)24(10-20-16)9-13(25)21-12(15(19)26)8-11-6-4-3-5-7-11/h3-7,10,12H,8-9H2,1-2H3,(H2,19,26)(H,21,25)/t12-/m0/s1. The number of imidazole rings is 1. The van der Waals surface area contributed by atoms with E-state index in [1.54, 1.807) is 0 Å². The number of aryl methyl sites for hydroxylation is 1. The van der Waals surface area contributed by atoms with E-state index in [1.165, 1.54) is 29.6 Å². The van der Waals surface area contributed by atoms with Crippen LogP contribution in [0.25, 0.3) is 11.2 Å². The molecule has 0 unspecified atom stereocenters. The number of nitrogens with one attached hydrogen (secondary N) is 1. The Morgan fingerprint density at radius 3 is 2.46 bits per heavy atom. The minimum Gasteiger partial charge on any atom is -0.368 e. The molecular weight excluding hydrogens is 364 g/mol. The third-order valence-corrected chi connectivity index (χ3v) is 4.49. The molecule has 1 aromatic carbocycles. The third kappa shape index (κ3) is 3.56. The number of fused-ring (bicyclic) bond motifs is 1. The van der Waals surface area contributed by atoms with Gasteiger partial charge in [0.1, 0.15) is 12.6 Å². The first-order valence-electron chi connectivity index (χ1n) is 8.53. The number of nitrogens with zero attached hydrogens (tertiary/aromatic N) is 4. The lowest BCUT2D eigenvalue weighted by molar-refractivity contribution is -0.127. The summed E-state index contributed by atoms with van der Waals surface area (Å²) in [5, 5.41) is 2.59. The zero-order valence-corrected chi connectivity index (χ0v) is 15.5.